The van der Waals surface area contributed by atoms with Gasteiger partial charge in [0.2, 0.25) is 0 Å². The molecule has 6 heteroatoms. The van der Waals surface area contributed by atoms with E-state index in [9.17, 15) is 9.90 Å². The molecule has 0 spiro atoms. The number of nitrogens with one attached hydrogen (secondary N) is 1. The molecule has 2 rings (SSSR count). The molecule has 5 nitrogen and oxygen atoms in total. The maximum Gasteiger partial charge on any atom is 0.323 e. The predicted octanol–water partition coefficient (Wildman–Crippen LogP) is 2.21. The second-order valence-electron chi connectivity index (χ2n) is 4.23. The van der Waals surface area contributed by atoms with Crippen LogP contribution in [0.15, 0.2) is 5.38 Å². The number of piperidine rings is 1. The molecule has 1 atom stereocenters. The summed E-state index contributed by atoms with van der Waals surface area (Å²) in [6.45, 7) is 3.30. The Hall–Kier alpha value is -1.14. The van der Waals surface area contributed by atoms with Crippen molar-refractivity contribution in [2.24, 2.45) is 0 Å². The van der Waals surface area contributed by atoms with Crippen molar-refractivity contribution in [3.8, 4) is 0 Å². The van der Waals surface area contributed by atoms with Crippen LogP contribution in [0, 0.1) is 0 Å². The zero-order chi connectivity index (χ0) is 12.3. The molecule has 2 heterocycles. The van der Waals surface area contributed by atoms with E-state index in [1.54, 1.807) is 12.3 Å². The minimum Gasteiger partial charge on any atom is -0.387 e. The molecular weight excluding hydrogens is 238 g/mol. The number of carbonyl (C=O) groups is 1. The molecule has 0 aromatic carbocycles. The smallest absolute Gasteiger partial charge is 0.323 e. The van der Waals surface area contributed by atoms with Crippen LogP contribution in [0.2, 0.25) is 0 Å². The molecule has 1 fully saturated rings. The fourth-order valence-electron chi connectivity index (χ4n) is 1.80. The standard InChI is InChI=1S/C11H17N3O2S/c1-8(15)9-7-17-10(12-9)13-11(16)14-5-3-2-4-6-14/h7-8,15H,2-6H2,1H3,(H,12,13,16). The van der Waals surface area contributed by atoms with Gasteiger partial charge in [-0.05, 0) is 26.2 Å². The maximum atomic E-state index is 11.9. The summed E-state index contributed by atoms with van der Waals surface area (Å²) in [7, 11) is 0. The number of hydrogen-bond acceptors (Lipinski definition) is 4. The summed E-state index contributed by atoms with van der Waals surface area (Å²) in [5.41, 5.74) is 0.601. The van der Waals surface area contributed by atoms with Crippen molar-refractivity contribution in [3.05, 3.63) is 11.1 Å². The van der Waals surface area contributed by atoms with Crippen molar-refractivity contribution < 1.29 is 9.90 Å². The predicted molar refractivity (Wildman–Crippen MR) is 67.2 cm³/mol. The van der Waals surface area contributed by atoms with Gasteiger partial charge in [-0.15, -0.1) is 11.3 Å². The number of urea groups is 1. The average Bonchev–Trinajstić information content (AvgIpc) is 2.79. The number of nitrogens with zero attached hydrogens (tertiary/aromatic N) is 2. The van der Waals surface area contributed by atoms with Gasteiger partial charge in [-0.25, -0.2) is 9.78 Å². The van der Waals surface area contributed by atoms with Crippen molar-refractivity contribution in [1.29, 1.82) is 0 Å². The molecule has 94 valence electrons. The number of aromatic nitrogens is 1. The van der Waals surface area contributed by atoms with Crippen LogP contribution in [0.25, 0.3) is 0 Å². The Balaban J connectivity index is 1.92. The van der Waals surface area contributed by atoms with Gasteiger partial charge in [0.1, 0.15) is 0 Å². The Morgan fingerprint density at radius 3 is 2.82 bits per heavy atom. The highest BCUT2D eigenvalue weighted by Gasteiger charge is 2.17. The third kappa shape index (κ3) is 3.17. The number of aliphatic hydroxyl groups is 1. The first-order valence-corrected chi connectivity index (χ1v) is 6.74. The third-order valence-corrected chi connectivity index (χ3v) is 3.58. The van der Waals surface area contributed by atoms with Crippen molar-refractivity contribution in [2.75, 3.05) is 18.4 Å². The van der Waals surface area contributed by atoms with Gasteiger partial charge < -0.3 is 10.0 Å². The summed E-state index contributed by atoms with van der Waals surface area (Å²) < 4.78 is 0. The molecule has 0 bridgehead atoms. The lowest BCUT2D eigenvalue weighted by atomic mass is 10.1. The van der Waals surface area contributed by atoms with E-state index >= 15 is 0 Å². The number of carbonyl (C=O) groups excluding carboxylic acids is 1. The molecule has 1 aromatic rings. The van der Waals surface area contributed by atoms with E-state index in [0.717, 1.165) is 25.9 Å². The summed E-state index contributed by atoms with van der Waals surface area (Å²) in [6.07, 6.45) is 2.76. The van der Waals surface area contributed by atoms with Crippen LogP contribution in [0.1, 0.15) is 38.0 Å². The molecule has 0 radical (unpaired) electrons. The number of hydrogen-bond donors (Lipinski definition) is 2. The molecule has 1 saturated heterocycles. The van der Waals surface area contributed by atoms with Gasteiger partial charge in [0.05, 0.1) is 11.8 Å². The highest BCUT2D eigenvalue weighted by Crippen LogP contribution is 2.21. The van der Waals surface area contributed by atoms with Crippen LogP contribution in [0.5, 0.6) is 0 Å². The quantitative estimate of drug-likeness (QED) is 0.851. The lowest BCUT2D eigenvalue weighted by Gasteiger charge is -2.26. The molecule has 1 unspecified atom stereocenters. The largest absolute Gasteiger partial charge is 0.387 e. The number of aliphatic hydroxyl groups excluding tert-OH is 1. The Morgan fingerprint density at radius 2 is 2.24 bits per heavy atom. The molecule has 0 saturated carbocycles. The highest BCUT2D eigenvalue weighted by molar-refractivity contribution is 7.13. The van der Waals surface area contributed by atoms with Gasteiger partial charge >= 0.3 is 6.03 Å². The SMILES string of the molecule is CC(O)c1csc(NC(=O)N2CCCCC2)n1. The Bertz CT molecular complexity index is 386. The highest BCUT2D eigenvalue weighted by atomic mass is 32.1. The Labute approximate surface area is 104 Å². The molecule has 17 heavy (non-hydrogen) atoms. The van der Waals surface area contributed by atoms with E-state index in [1.807, 2.05) is 4.90 Å². The molecule has 2 N–H and O–H groups in total. The Kier molecular flexibility index (Phi) is 3.96. The number of thiazole rings is 1. The lowest BCUT2D eigenvalue weighted by molar-refractivity contribution is 0.194. The van der Waals surface area contributed by atoms with E-state index in [0.29, 0.717) is 10.8 Å². The fourth-order valence-corrected chi connectivity index (χ4v) is 2.59. The summed E-state index contributed by atoms with van der Waals surface area (Å²) in [4.78, 5) is 17.8. The summed E-state index contributed by atoms with van der Waals surface area (Å²) in [5.74, 6) is 0. The van der Waals surface area contributed by atoms with Gasteiger partial charge in [0.25, 0.3) is 0 Å². The summed E-state index contributed by atoms with van der Waals surface area (Å²) in [6, 6.07) is -0.0869. The van der Waals surface area contributed by atoms with Gasteiger partial charge in [0, 0.05) is 18.5 Å². The molecular formula is C11H17N3O2S. The molecule has 1 aromatic heterocycles. The van der Waals surface area contributed by atoms with Gasteiger partial charge in [-0.2, -0.15) is 0 Å². The van der Waals surface area contributed by atoms with Crippen LogP contribution < -0.4 is 5.32 Å². The van der Waals surface area contributed by atoms with Crippen LogP contribution >= 0.6 is 11.3 Å². The monoisotopic (exact) mass is 255 g/mol. The molecule has 1 aliphatic heterocycles. The van der Waals surface area contributed by atoms with Gasteiger partial charge in [0.15, 0.2) is 5.13 Å². The summed E-state index contributed by atoms with van der Waals surface area (Å²) in [5, 5.41) is 14.4. The van der Waals surface area contributed by atoms with E-state index in [-0.39, 0.29) is 6.03 Å². The second kappa shape index (κ2) is 5.46. The van der Waals surface area contributed by atoms with Crippen molar-refractivity contribution >= 4 is 22.5 Å². The van der Waals surface area contributed by atoms with E-state index in [1.165, 1.54) is 17.8 Å². The fraction of sp³-hybridized carbons (Fsp3) is 0.636. The summed E-state index contributed by atoms with van der Waals surface area (Å²) >= 11 is 1.34. The van der Waals surface area contributed by atoms with Crippen LogP contribution in [-0.4, -0.2) is 34.1 Å². The third-order valence-electron chi connectivity index (χ3n) is 2.81. The number of rotatable bonds is 2. The molecule has 0 aliphatic carbocycles. The lowest BCUT2D eigenvalue weighted by Crippen LogP contribution is -2.38. The number of amides is 2. The van der Waals surface area contributed by atoms with Crippen molar-refractivity contribution in [2.45, 2.75) is 32.3 Å². The van der Waals surface area contributed by atoms with E-state index in [4.69, 9.17) is 0 Å². The Morgan fingerprint density at radius 1 is 1.53 bits per heavy atom. The zero-order valence-corrected chi connectivity index (χ0v) is 10.7. The van der Waals surface area contributed by atoms with Gasteiger partial charge in [-0.1, -0.05) is 0 Å². The molecule has 2 amide bonds. The minimum atomic E-state index is -0.591. The number of likely N-dealkylation sites (tertiary alicyclic amines) is 1. The van der Waals surface area contributed by atoms with Crippen molar-refractivity contribution in [1.82, 2.24) is 9.88 Å². The van der Waals surface area contributed by atoms with E-state index < -0.39 is 6.10 Å². The second-order valence-corrected chi connectivity index (χ2v) is 5.09. The van der Waals surface area contributed by atoms with E-state index in [2.05, 4.69) is 10.3 Å². The maximum absolute atomic E-state index is 11.9. The van der Waals surface area contributed by atoms with Crippen LogP contribution in [0.3, 0.4) is 0 Å². The average molecular weight is 255 g/mol. The first kappa shape index (κ1) is 12.3. The normalized spacial score (nSPS) is 17.9. The van der Waals surface area contributed by atoms with Crippen LogP contribution in [-0.2, 0) is 0 Å². The first-order valence-electron chi connectivity index (χ1n) is 5.86. The number of anilines is 1. The minimum absolute atomic E-state index is 0.0869. The topological polar surface area (TPSA) is 65.5 Å². The first-order chi connectivity index (χ1) is 8.16. The van der Waals surface area contributed by atoms with Crippen molar-refractivity contribution in [3.63, 3.8) is 0 Å². The zero-order valence-electron chi connectivity index (χ0n) is 9.85. The van der Waals surface area contributed by atoms with Gasteiger partial charge in [-0.3, -0.25) is 5.32 Å². The van der Waals surface area contributed by atoms with Crippen LogP contribution in [0.4, 0.5) is 9.93 Å². The molecule has 1 aliphatic rings.